The van der Waals surface area contributed by atoms with Gasteiger partial charge in [0.25, 0.3) is 0 Å². The normalized spacial score (nSPS) is 11.0. The zero-order valence-corrected chi connectivity index (χ0v) is 80.5. The van der Waals surface area contributed by atoms with Gasteiger partial charge in [-0.2, -0.15) is 94.1 Å². The number of ether oxygens (including phenoxy) is 12. The third-order valence-electron chi connectivity index (χ3n) is 14.2. The van der Waals surface area contributed by atoms with Gasteiger partial charge in [0, 0.05) is 92.6 Å². The second-order valence-electron chi connectivity index (χ2n) is 28.1. The minimum Gasteiger partial charge on any atom is -0.460 e. The molecule has 0 unspecified atom stereocenters. The minimum atomic E-state index is -1.18. The molecule has 0 aromatic heterocycles. The van der Waals surface area contributed by atoms with E-state index in [1.165, 1.54) is 27.7 Å². The van der Waals surface area contributed by atoms with Crippen molar-refractivity contribution >= 4 is 166 Å². The Morgan fingerprint density at radius 2 is 0.400 bits per heavy atom. The van der Waals surface area contributed by atoms with Crippen LogP contribution in [0, 0.1) is 0 Å². The van der Waals surface area contributed by atoms with Gasteiger partial charge in [-0.3, -0.25) is 0 Å². The first kappa shape index (κ1) is 120. The lowest BCUT2D eigenvalue weighted by molar-refractivity contribution is -0.147. The van der Waals surface area contributed by atoms with E-state index in [1.54, 1.807) is 122 Å². The van der Waals surface area contributed by atoms with Crippen LogP contribution in [0.25, 0.3) is 0 Å². The number of esters is 8. The summed E-state index contributed by atoms with van der Waals surface area (Å²) in [5, 5.41) is 10.7. The molecule has 0 aromatic rings. The summed E-state index contributed by atoms with van der Waals surface area (Å²) in [6.07, 6.45) is 8.81. The van der Waals surface area contributed by atoms with Gasteiger partial charge in [-0.25, -0.2) is 57.5 Å². The van der Waals surface area contributed by atoms with Crippen molar-refractivity contribution in [2.24, 2.45) is 0 Å². The Hall–Kier alpha value is -6.44. The van der Waals surface area contributed by atoms with Crippen LogP contribution in [-0.4, -0.2) is 264 Å². The monoisotopic (exact) mass is 1840 g/mol. The van der Waals surface area contributed by atoms with Crippen LogP contribution in [0.3, 0.4) is 0 Å². The molecule has 0 saturated heterocycles. The first-order valence-corrected chi connectivity index (χ1v) is 49.0. The zero-order chi connectivity index (χ0) is 92.0. The largest absolute Gasteiger partial charge is 0.460 e. The summed E-state index contributed by atoms with van der Waals surface area (Å²) in [5.74, 6) is 8.54. The summed E-state index contributed by atoms with van der Waals surface area (Å²) in [7, 11) is 0. The van der Waals surface area contributed by atoms with Crippen LogP contribution in [0.1, 0.15) is 162 Å². The molecule has 688 valence electrons. The number of carbonyl (C=O) groups excluding carboxylic acids is 12. The van der Waals surface area contributed by atoms with Crippen molar-refractivity contribution in [3.05, 3.63) is 99.2 Å². The van der Waals surface area contributed by atoms with E-state index in [4.69, 9.17) is 56.8 Å². The standard InChI is InChI=1S/2C22H37NO6S2.2C20H33NO6S2/c2*1-8-10-30-12-18(13-31-11-9-2)29-21(26)23-22(7,14-27-19(24)16(3)4)15-28-20(25)17(5)6;2*1-6-10-28-12-16(13-29-11-7-2)27-19(24)21-20(5,14-25-17(22)8-3)15-26-18(23)9-4/h2*18H,3,5,8-15H2,1-2,4,6-7H3,(H,23,26);2*8-9,16H,3-4,6-7,10-15H2,1-2,5H3,(H,21,24). The van der Waals surface area contributed by atoms with Crippen LogP contribution in [-0.2, 0) is 95.2 Å². The Bertz CT molecular complexity index is 2780. The highest BCUT2D eigenvalue weighted by Crippen LogP contribution is 2.22. The highest BCUT2D eigenvalue weighted by Gasteiger charge is 2.37. The molecule has 28 nitrogen and oxygen atoms in total. The molecule has 0 heterocycles. The minimum absolute atomic E-state index is 0.211. The third-order valence-corrected chi connectivity index (χ3v) is 24.6. The quantitative estimate of drug-likeness (QED) is 0.0190. The maximum Gasteiger partial charge on any atom is 0.408 e. The molecule has 0 bridgehead atoms. The molecule has 0 fully saturated rings. The maximum absolute atomic E-state index is 12.6. The molecule has 0 aliphatic heterocycles. The van der Waals surface area contributed by atoms with E-state index in [9.17, 15) is 57.5 Å². The number of alkyl carbamates (subject to hydrolysis) is 4. The van der Waals surface area contributed by atoms with Crippen LogP contribution >= 0.6 is 94.1 Å². The van der Waals surface area contributed by atoms with Crippen LogP contribution < -0.4 is 21.3 Å². The fourth-order valence-corrected chi connectivity index (χ4v) is 15.9. The summed E-state index contributed by atoms with van der Waals surface area (Å²) in [6, 6.07) is 0. The Balaban J connectivity index is -0.000000748. The molecule has 120 heavy (non-hydrogen) atoms. The van der Waals surface area contributed by atoms with Gasteiger partial charge in [0.1, 0.15) is 99.4 Å². The fourth-order valence-electron chi connectivity index (χ4n) is 8.05. The van der Waals surface area contributed by atoms with E-state index in [0.29, 0.717) is 46.0 Å². The zero-order valence-electron chi connectivity index (χ0n) is 74.0. The van der Waals surface area contributed by atoms with Gasteiger partial charge in [0.05, 0.1) is 0 Å². The Morgan fingerprint density at radius 1 is 0.267 bits per heavy atom. The second kappa shape index (κ2) is 74.0. The first-order valence-electron chi connectivity index (χ1n) is 39.7. The van der Waals surface area contributed by atoms with Gasteiger partial charge < -0.3 is 78.1 Å². The smallest absolute Gasteiger partial charge is 0.408 e. The van der Waals surface area contributed by atoms with Crippen molar-refractivity contribution in [1.82, 2.24) is 21.3 Å². The molecule has 36 heteroatoms. The van der Waals surface area contributed by atoms with E-state index in [2.05, 4.69) is 129 Å². The molecule has 4 N–H and O–H groups in total. The van der Waals surface area contributed by atoms with Crippen molar-refractivity contribution in [2.45, 2.75) is 209 Å². The number of thioether (sulfide) groups is 8. The average molecular weight is 1850 g/mol. The maximum atomic E-state index is 12.6. The molecule has 0 radical (unpaired) electrons. The summed E-state index contributed by atoms with van der Waals surface area (Å²) in [4.78, 5) is 143. The van der Waals surface area contributed by atoms with E-state index in [1.807, 2.05) is 0 Å². The van der Waals surface area contributed by atoms with Gasteiger partial charge >= 0.3 is 72.1 Å². The Kier molecular flexibility index (Phi) is 73.9. The van der Waals surface area contributed by atoms with Crippen molar-refractivity contribution in [3.8, 4) is 0 Å². The van der Waals surface area contributed by atoms with Crippen molar-refractivity contribution in [2.75, 3.05) is 145 Å². The van der Waals surface area contributed by atoms with Crippen LogP contribution in [0.15, 0.2) is 99.2 Å². The van der Waals surface area contributed by atoms with E-state index in [0.717, 1.165) is 122 Å². The van der Waals surface area contributed by atoms with Gasteiger partial charge in [-0.15, -0.1) is 0 Å². The highest BCUT2D eigenvalue weighted by molar-refractivity contribution is 8.01. The number of carbonyl (C=O) groups is 12. The molecule has 0 spiro atoms. The Morgan fingerprint density at radius 3 is 0.517 bits per heavy atom. The lowest BCUT2D eigenvalue weighted by Gasteiger charge is -2.30. The highest BCUT2D eigenvalue weighted by atomic mass is 32.2. The number of hydrogen-bond donors (Lipinski definition) is 4. The SMILES string of the molecule is C=C(C)C(=O)OCC(C)(COC(=O)C(=C)C)NC(=O)OC(CSCCC)CSCCC.C=C(C)C(=O)OCC(C)(COC(=O)C(=C)C)NC(=O)OC(CSCCC)CSCCC.C=CC(=O)OCC(C)(COC(=O)C=C)NC(=O)OC(CSCCC)CSCCC.C=CC(=O)OCC(C)(COC(=O)C=C)NC(=O)OC(CSCCC)CSCCC. The first-order chi connectivity index (χ1) is 56.7. The molecule has 0 aliphatic rings. The predicted molar refractivity (Wildman–Crippen MR) is 496 cm³/mol. The molecule has 0 atom stereocenters. The van der Waals surface area contributed by atoms with Crippen LogP contribution in [0.2, 0.25) is 0 Å². The van der Waals surface area contributed by atoms with E-state index in [-0.39, 0.29) is 99.6 Å². The Labute approximate surface area is 749 Å². The average Bonchev–Trinajstić information content (AvgIpc) is 1.16. The van der Waals surface area contributed by atoms with Crippen LogP contribution in [0.5, 0.6) is 0 Å². The summed E-state index contributed by atoms with van der Waals surface area (Å²) in [5.41, 5.74) is -3.77. The topological polar surface area (TPSA) is 364 Å². The van der Waals surface area contributed by atoms with Gasteiger partial charge in [-0.05, 0) is 153 Å². The fraction of sp³-hybridized carbons (Fsp3) is 0.667. The lowest BCUT2D eigenvalue weighted by atomic mass is 10.1. The van der Waals surface area contributed by atoms with Crippen molar-refractivity contribution in [3.63, 3.8) is 0 Å². The number of hydrogen-bond acceptors (Lipinski definition) is 32. The number of rotatable bonds is 64. The molecule has 0 rings (SSSR count). The van der Waals surface area contributed by atoms with Gasteiger partial charge in [0.2, 0.25) is 0 Å². The summed E-state index contributed by atoms with van der Waals surface area (Å²) in [6.45, 7) is 55.1. The second-order valence-corrected chi connectivity index (χ2v) is 37.3. The number of amides is 4. The molecule has 0 aliphatic carbocycles. The summed E-state index contributed by atoms with van der Waals surface area (Å²) < 4.78 is 63.4. The third kappa shape index (κ3) is 68.0. The van der Waals surface area contributed by atoms with E-state index < -0.39 is 94.3 Å². The molecule has 0 saturated carbocycles. The van der Waals surface area contributed by atoms with Crippen molar-refractivity contribution < 1.29 is 114 Å². The predicted octanol–water partition coefficient (Wildman–Crippen LogP) is 15.9. The molecular weight excluding hydrogens is 1710 g/mol. The summed E-state index contributed by atoms with van der Waals surface area (Å²) >= 11 is 13.9. The lowest BCUT2D eigenvalue weighted by Crippen LogP contribution is -2.54. The molecular formula is C84H140N4O24S8. The molecule has 0 aromatic carbocycles. The molecule has 4 amide bonds. The van der Waals surface area contributed by atoms with Crippen LogP contribution in [0.4, 0.5) is 19.2 Å². The van der Waals surface area contributed by atoms with Crippen molar-refractivity contribution in [1.29, 1.82) is 0 Å². The number of nitrogens with one attached hydrogen (secondary N) is 4. The van der Waals surface area contributed by atoms with Gasteiger partial charge in [0.15, 0.2) is 0 Å². The van der Waals surface area contributed by atoms with Gasteiger partial charge in [-0.1, -0.05) is 108 Å². The van der Waals surface area contributed by atoms with E-state index >= 15 is 0 Å².